The Morgan fingerprint density at radius 1 is 1.07 bits per heavy atom. The Morgan fingerprint density at radius 3 is 2.50 bits per heavy atom. The van der Waals surface area contributed by atoms with Crippen LogP contribution in [0.15, 0.2) is 42.5 Å². The van der Waals surface area contributed by atoms with Gasteiger partial charge in [-0.15, -0.1) is 0 Å². The topological polar surface area (TPSA) is 80.9 Å². The Kier molecular flexibility index (Phi) is 10.1. The second-order valence-corrected chi connectivity index (χ2v) is 8.42. The summed E-state index contributed by atoms with van der Waals surface area (Å²) in [5.41, 5.74) is 1.22. The van der Waals surface area contributed by atoms with Crippen molar-refractivity contribution in [3.63, 3.8) is 0 Å². The average molecular weight is 407 g/mol. The average Bonchev–Trinajstić information content (AvgIpc) is 2.94. The van der Waals surface area contributed by atoms with Gasteiger partial charge in [0.15, 0.2) is 5.05 Å². The molecule has 1 aliphatic rings. The molecule has 1 aromatic carbocycles. The molecule has 1 aromatic rings. The van der Waals surface area contributed by atoms with Gasteiger partial charge >= 0.3 is 0 Å². The zero-order chi connectivity index (χ0) is 20.4. The van der Waals surface area contributed by atoms with E-state index in [0.29, 0.717) is 25.7 Å². The molecule has 0 unspecified atom stereocenters. The molecule has 0 spiro atoms. The van der Waals surface area contributed by atoms with Crippen molar-refractivity contribution in [1.29, 1.82) is 0 Å². The fourth-order valence-corrected chi connectivity index (χ4v) is 4.30. The maximum atomic E-state index is 10.3. The largest absolute Gasteiger partial charge is 0.502 e. The van der Waals surface area contributed by atoms with Crippen molar-refractivity contribution < 1.29 is 20.4 Å². The summed E-state index contributed by atoms with van der Waals surface area (Å²) in [6.45, 7) is 0. The fraction of sp³-hybridized carbons (Fsp3) is 0.609. The maximum Gasteiger partial charge on any atom is 0.156 e. The molecule has 0 aliphatic heterocycles. The molecule has 28 heavy (non-hydrogen) atoms. The molecule has 0 bridgehead atoms. The van der Waals surface area contributed by atoms with E-state index < -0.39 is 12.2 Å². The summed E-state index contributed by atoms with van der Waals surface area (Å²) in [6.07, 6.45) is 9.03. The minimum Gasteiger partial charge on any atom is -0.502 e. The Balaban J connectivity index is 1.74. The third-order valence-electron chi connectivity index (χ3n) is 5.80. The Bertz CT molecular complexity index is 604. The Morgan fingerprint density at radius 2 is 1.79 bits per heavy atom. The Hall–Kier alpha value is -1.27. The van der Waals surface area contributed by atoms with Gasteiger partial charge in [0.05, 0.1) is 18.3 Å². The highest BCUT2D eigenvalue weighted by molar-refractivity contribution is 7.80. The van der Waals surface area contributed by atoms with Gasteiger partial charge < -0.3 is 20.4 Å². The molecule has 1 fully saturated rings. The summed E-state index contributed by atoms with van der Waals surface area (Å²) in [4.78, 5) is 0. The van der Waals surface area contributed by atoms with E-state index in [2.05, 4.69) is 36.5 Å². The van der Waals surface area contributed by atoms with Gasteiger partial charge in [0.1, 0.15) is 0 Å². The molecule has 4 N–H and O–H groups in total. The first-order chi connectivity index (χ1) is 13.5. The van der Waals surface area contributed by atoms with Crippen LogP contribution in [-0.4, -0.2) is 43.8 Å². The number of hydrogen-bond donors (Lipinski definition) is 4. The maximum absolute atomic E-state index is 10.3. The number of benzene rings is 1. The predicted molar refractivity (Wildman–Crippen MR) is 116 cm³/mol. The van der Waals surface area contributed by atoms with Crippen molar-refractivity contribution in [3.05, 3.63) is 48.0 Å². The fourth-order valence-electron chi connectivity index (χ4n) is 4.16. The van der Waals surface area contributed by atoms with Gasteiger partial charge in [-0.05, 0) is 81.0 Å². The van der Waals surface area contributed by atoms with Crippen LogP contribution in [0.25, 0.3) is 0 Å². The van der Waals surface area contributed by atoms with Gasteiger partial charge in [0, 0.05) is 6.42 Å². The first kappa shape index (κ1) is 23.0. The molecule has 5 atom stereocenters. The lowest BCUT2D eigenvalue weighted by molar-refractivity contribution is 0.0857. The molecule has 156 valence electrons. The highest BCUT2D eigenvalue weighted by Gasteiger charge is 2.40. The summed E-state index contributed by atoms with van der Waals surface area (Å²) >= 11 is 4.65. The van der Waals surface area contributed by atoms with Crippen molar-refractivity contribution in [3.8, 4) is 0 Å². The number of allylic oxidation sites excluding steroid dienone is 2. The standard InChI is InChI=1S/C23H34O4S/c24-18(13-12-17-8-4-3-5-9-17)14-15-20-19(21(25)16-22(20)26)10-6-1-2-7-11-23(27)28/h1,3-6,8-9,18-22,24-26H,2,7,10-16H2,(H,27,28)/b6-1-/t18-,19+,20+,21-,22+/m0/s1. The molecule has 0 saturated heterocycles. The third kappa shape index (κ3) is 8.00. The van der Waals surface area contributed by atoms with Gasteiger partial charge in [0.25, 0.3) is 0 Å². The molecule has 1 saturated carbocycles. The molecule has 0 heterocycles. The number of unbranched alkanes of at least 4 members (excludes halogenated alkanes) is 1. The molecule has 0 radical (unpaired) electrons. The molecule has 0 aromatic heterocycles. The summed E-state index contributed by atoms with van der Waals surface area (Å²) < 4.78 is 0. The smallest absolute Gasteiger partial charge is 0.156 e. The van der Waals surface area contributed by atoms with Crippen LogP contribution in [0.5, 0.6) is 0 Å². The number of aryl methyl sites for hydroxylation is 1. The summed E-state index contributed by atoms with van der Waals surface area (Å²) in [5.74, 6) is 0.0579. The van der Waals surface area contributed by atoms with Crippen molar-refractivity contribution in [2.24, 2.45) is 11.8 Å². The second kappa shape index (κ2) is 12.3. The van der Waals surface area contributed by atoms with Gasteiger partial charge in [0.2, 0.25) is 0 Å². The van der Waals surface area contributed by atoms with E-state index in [9.17, 15) is 15.3 Å². The number of thiocarbonyl (C=S) groups is 1. The molecule has 5 heteroatoms. The van der Waals surface area contributed by atoms with Crippen molar-refractivity contribution in [2.45, 2.75) is 76.1 Å². The minimum atomic E-state index is -0.499. The minimum absolute atomic E-state index is 0.0241. The van der Waals surface area contributed by atoms with Gasteiger partial charge in [-0.3, -0.25) is 0 Å². The van der Waals surface area contributed by atoms with Crippen molar-refractivity contribution in [2.75, 3.05) is 0 Å². The van der Waals surface area contributed by atoms with E-state index in [-0.39, 0.29) is 23.0 Å². The monoisotopic (exact) mass is 406 g/mol. The molecule has 0 amide bonds. The first-order valence-electron chi connectivity index (χ1n) is 10.4. The van der Waals surface area contributed by atoms with Crippen LogP contribution in [0.4, 0.5) is 0 Å². The summed E-state index contributed by atoms with van der Waals surface area (Å²) in [6, 6.07) is 10.1. The molecule has 2 rings (SSSR count). The van der Waals surface area contributed by atoms with E-state index in [1.54, 1.807) is 0 Å². The van der Waals surface area contributed by atoms with Crippen LogP contribution < -0.4 is 0 Å². The van der Waals surface area contributed by atoms with E-state index in [4.69, 9.17) is 5.11 Å². The summed E-state index contributed by atoms with van der Waals surface area (Å²) in [5, 5.41) is 40.1. The van der Waals surface area contributed by atoms with Crippen LogP contribution >= 0.6 is 12.2 Å². The highest BCUT2D eigenvalue weighted by Crippen LogP contribution is 2.38. The lowest BCUT2D eigenvalue weighted by Gasteiger charge is -2.23. The molecule has 4 nitrogen and oxygen atoms in total. The normalized spacial score (nSPS) is 26.0. The number of rotatable bonds is 12. The third-order valence-corrected chi connectivity index (χ3v) is 6.00. The Labute approximate surface area is 173 Å². The predicted octanol–water partition coefficient (Wildman–Crippen LogP) is 4.12. The van der Waals surface area contributed by atoms with Gasteiger partial charge in [-0.25, -0.2) is 0 Å². The van der Waals surface area contributed by atoms with E-state index in [0.717, 1.165) is 32.1 Å². The van der Waals surface area contributed by atoms with Crippen LogP contribution in [-0.2, 0) is 6.42 Å². The number of aliphatic hydroxyl groups excluding tert-OH is 4. The molecule has 1 aliphatic carbocycles. The number of hydrogen-bond acceptors (Lipinski definition) is 4. The SMILES string of the molecule is OC(=S)CCC/C=C\C[C@@H]1[C@@H](CC[C@@H](O)CCc2ccccc2)[C@H](O)C[C@@H]1O. The van der Waals surface area contributed by atoms with Gasteiger partial charge in [-0.1, -0.05) is 42.5 Å². The zero-order valence-electron chi connectivity index (χ0n) is 16.5. The summed E-state index contributed by atoms with van der Waals surface area (Å²) in [7, 11) is 0. The van der Waals surface area contributed by atoms with Crippen LogP contribution in [0.3, 0.4) is 0 Å². The lowest BCUT2D eigenvalue weighted by atomic mass is 9.85. The van der Waals surface area contributed by atoms with Crippen LogP contribution in [0.2, 0.25) is 0 Å². The zero-order valence-corrected chi connectivity index (χ0v) is 17.3. The number of aliphatic hydroxyl groups is 4. The quantitative estimate of drug-likeness (QED) is 0.238. The first-order valence-corrected chi connectivity index (χ1v) is 10.8. The molecular formula is C23H34O4S. The van der Waals surface area contributed by atoms with E-state index in [1.807, 2.05) is 18.2 Å². The van der Waals surface area contributed by atoms with E-state index in [1.165, 1.54) is 5.56 Å². The van der Waals surface area contributed by atoms with Crippen LogP contribution in [0, 0.1) is 11.8 Å². The van der Waals surface area contributed by atoms with Gasteiger partial charge in [-0.2, -0.15) is 0 Å². The van der Waals surface area contributed by atoms with Crippen molar-refractivity contribution >= 4 is 17.3 Å². The lowest BCUT2D eigenvalue weighted by Crippen LogP contribution is -2.23. The second-order valence-electron chi connectivity index (χ2n) is 7.95. The highest BCUT2D eigenvalue weighted by atomic mass is 32.1. The van der Waals surface area contributed by atoms with Crippen molar-refractivity contribution in [1.82, 2.24) is 0 Å². The van der Waals surface area contributed by atoms with Crippen LogP contribution in [0.1, 0.15) is 56.9 Å². The van der Waals surface area contributed by atoms with E-state index >= 15 is 0 Å². The molecular weight excluding hydrogens is 372 g/mol.